The standard InChI is InChI=1S/C13H16N2O4/c16-10-6-7-15(8-10)12(17)11(14-13(18)19)9-4-2-1-3-5-9/h1-5,10-11,14,16H,6-8H2,(H,18,19)/t10?,11-/m0/s1. The summed E-state index contributed by atoms with van der Waals surface area (Å²) in [6.45, 7) is 0.702. The molecule has 1 unspecified atom stereocenters. The van der Waals surface area contributed by atoms with E-state index in [1.807, 2.05) is 0 Å². The lowest BCUT2D eigenvalue weighted by Gasteiger charge is -2.23. The van der Waals surface area contributed by atoms with Crippen molar-refractivity contribution in [2.45, 2.75) is 18.6 Å². The zero-order chi connectivity index (χ0) is 13.8. The molecular formula is C13H16N2O4. The van der Waals surface area contributed by atoms with E-state index < -0.39 is 18.2 Å². The van der Waals surface area contributed by atoms with E-state index in [2.05, 4.69) is 5.32 Å². The number of β-amino-alcohol motifs (C(OH)–C–C–N with tert-alkyl or cyclic N) is 1. The van der Waals surface area contributed by atoms with Gasteiger partial charge in [0, 0.05) is 13.1 Å². The Hall–Kier alpha value is -2.08. The third-order valence-electron chi connectivity index (χ3n) is 3.12. The molecule has 0 bridgehead atoms. The molecule has 0 aliphatic carbocycles. The summed E-state index contributed by atoms with van der Waals surface area (Å²) < 4.78 is 0. The summed E-state index contributed by atoms with van der Waals surface area (Å²) in [5.41, 5.74) is 0.594. The minimum atomic E-state index is -1.25. The number of carbonyl (C=O) groups excluding carboxylic acids is 1. The van der Waals surface area contributed by atoms with Gasteiger partial charge in [0.15, 0.2) is 0 Å². The van der Waals surface area contributed by atoms with Gasteiger partial charge in [-0.1, -0.05) is 30.3 Å². The minimum absolute atomic E-state index is 0.253. The first-order valence-corrected chi connectivity index (χ1v) is 6.09. The van der Waals surface area contributed by atoms with Crippen molar-refractivity contribution in [3.8, 4) is 0 Å². The first kappa shape index (κ1) is 13.4. The van der Waals surface area contributed by atoms with Gasteiger partial charge in [-0.3, -0.25) is 4.79 Å². The molecule has 6 nitrogen and oxygen atoms in total. The molecule has 0 spiro atoms. The Kier molecular flexibility index (Phi) is 4.01. The van der Waals surface area contributed by atoms with Crippen molar-refractivity contribution in [3.63, 3.8) is 0 Å². The summed E-state index contributed by atoms with van der Waals surface area (Å²) in [5, 5.41) is 20.5. The molecule has 1 fully saturated rings. The third-order valence-corrected chi connectivity index (χ3v) is 3.12. The molecule has 1 heterocycles. The molecule has 0 saturated carbocycles. The summed E-state index contributed by atoms with van der Waals surface area (Å²) in [5.74, 6) is -0.329. The number of aliphatic hydroxyl groups is 1. The van der Waals surface area contributed by atoms with Crippen LogP contribution in [0.2, 0.25) is 0 Å². The lowest BCUT2D eigenvalue weighted by Crippen LogP contribution is -2.41. The second-order valence-electron chi connectivity index (χ2n) is 4.52. The molecule has 1 aromatic carbocycles. The van der Waals surface area contributed by atoms with Crippen LogP contribution in [0, 0.1) is 0 Å². The number of hydrogen-bond donors (Lipinski definition) is 3. The van der Waals surface area contributed by atoms with E-state index >= 15 is 0 Å². The Morgan fingerprint density at radius 3 is 2.53 bits per heavy atom. The van der Waals surface area contributed by atoms with Gasteiger partial charge in [0.1, 0.15) is 6.04 Å². The van der Waals surface area contributed by atoms with Gasteiger partial charge in [0.2, 0.25) is 5.91 Å². The van der Waals surface area contributed by atoms with Crippen LogP contribution in [0.25, 0.3) is 0 Å². The third kappa shape index (κ3) is 3.23. The average molecular weight is 264 g/mol. The number of aliphatic hydroxyl groups excluding tert-OH is 1. The first-order valence-electron chi connectivity index (χ1n) is 6.09. The molecule has 6 heteroatoms. The van der Waals surface area contributed by atoms with E-state index in [1.54, 1.807) is 30.3 Å². The Bertz CT molecular complexity index is 463. The van der Waals surface area contributed by atoms with Crippen molar-refractivity contribution in [2.24, 2.45) is 0 Å². The first-order chi connectivity index (χ1) is 9.08. The van der Waals surface area contributed by atoms with E-state index in [9.17, 15) is 14.7 Å². The second-order valence-corrected chi connectivity index (χ2v) is 4.52. The van der Waals surface area contributed by atoms with Crippen LogP contribution in [0.5, 0.6) is 0 Å². The summed E-state index contributed by atoms with van der Waals surface area (Å²) in [6, 6.07) is 7.76. The van der Waals surface area contributed by atoms with Crippen LogP contribution in [0.1, 0.15) is 18.0 Å². The summed E-state index contributed by atoms with van der Waals surface area (Å²) in [4.78, 5) is 24.6. The van der Waals surface area contributed by atoms with Crippen molar-refractivity contribution >= 4 is 12.0 Å². The summed E-state index contributed by atoms with van der Waals surface area (Å²) >= 11 is 0. The maximum atomic E-state index is 12.3. The summed E-state index contributed by atoms with van der Waals surface area (Å²) in [7, 11) is 0. The van der Waals surface area contributed by atoms with Gasteiger partial charge in [0.25, 0.3) is 0 Å². The highest BCUT2D eigenvalue weighted by molar-refractivity contribution is 5.86. The predicted octanol–water partition coefficient (Wildman–Crippen LogP) is 0.588. The number of nitrogens with one attached hydrogen (secondary N) is 1. The minimum Gasteiger partial charge on any atom is -0.465 e. The molecular weight excluding hydrogens is 248 g/mol. The van der Waals surface area contributed by atoms with Gasteiger partial charge in [-0.2, -0.15) is 0 Å². The maximum Gasteiger partial charge on any atom is 0.405 e. The van der Waals surface area contributed by atoms with Gasteiger partial charge in [-0.15, -0.1) is 0 Å². The van der Waals surface area contributed by atoms with Crippen molar-refractivity contribution in [1.29, 1.82) is 0 Å². The molecule has 1 aliphatic heterocycles. The number of nitrogens with zero attached hydrogens (tertiary/aromatic N) is 1. The predicted molar refractivity (Wildman–Crippen MR) is 67.5 cm³/mol. The zero-order valence-corrected chi connectivity index (χ0v) is 10.3. The number of carbonyl (C=O) groups is 2. The molecule has 0 aromatic heterocycles. The number of hydrogen-bond acceptors (Lipinski definition) is 3. The molecule has 2 rings (SSSR count). The van der Waals surface area contributed by atoms with Crippen LogP contribution in [0.4, 0.5) is 4.79 Å². The maximum absolute atomic E-state index is 12.3. The number of likely N-dealkylation sites (tertiary alicyclic amines) is 1. The highest BCUT2D eigenvalue weighted by Gasteiger charge is 2.31. The average Bonchev–Trinajstić information content (AvgIpc) is 2.83. The van der Waals surface area contributed by atoms with E-state index in [0.29, 0.717) is 18.5 Å². The van der Waals surface area contributed by atoms with Crippen molar-refractivity contribution in [3.05, 3.63) is 35.9 Å². The van der Waals surface area contributed by atoms with Crippen LogP contribution in [0.15, 0.2) is 30.3 Å². The second kappa shape index (κ2) is 5.71. The molecule has 19 heavy (non-hydrogen) atoms. The van der Waals surface area contributed by atoms with Gasteiger partial charge in [-0.25, -0.2) is 4.79 Å². The number of amides is 2. The SMILES string of the molecule is O=C(O)N[C@H](C(=O)N1CCC(O)C1)c1ccccc1. The van der Waals surface area contributed by atoms with Crippen molar-refractivity contribution in [1.82, 2.24) is 10.2 Å². The van der Waals surface area contributed by atoms with Crippen molar-refractivity contribution < 1.29 is 19.8 Å². The monoisotopic (exact) mass is 264 g/mol. The molecule has 1 aliphatic rings. The van der Waals surface area contributed by atoms with Crippen LogP contribution in [-0.2, 0) is 4.79 Å². The zero-order valence-electron chi connectivity index (χ0n) is 10.3. The molecule has 102 valence electrons. The molecule has 2 atom stereocenters. The van der Waals surface area contributed by atoms with E-state index in [-0.39, 0.29) is 12.5 Å². The smallest absolute Gasteiger partial charge is 0.405 e. The van der Waals surface area contributed by atoms with Gasteiger partial charge < -0.3 is 20.4 Å². The Morgan fingerprint density at radius 2 is 2.00 bits per heavy atom. The topological polar surface area (TPSA) is 89.9 Å². The molecule has 3 N–H and O–H groups in total. The molecule has 1 saturated heterocycles. The molecule has 2 amide bonds. The van der Waals surface area contributed by atoms with Crippen molar-refractivity contribution in [2.75, 3.05) is 13.1 Å². The van der Waals surface area contributed by atoms with Crippen LogP contribution < -0.4 is 5.32 Å². The highest BCUT2D eigenvalue weighted by Crippen LogP contribution is 2.19. The normalized spacial score (nSPS) is 20.1. The van der Waals surface area contributed by atoms with E-state index in [0.717, 1.165) is 0 Å². The quantitative estimate of drug-likeness (QED) is 0.745. The van der Waals surface area contributed by atoms with Gasteiger partial charge in [0.05, 0.1) is 6.10 Å². The lowest BCUT2D eigenvalue weighted by atomic mass is 10.1. The van der Waals surface area contributed by atoms with E-state index in [1.165, 1.54) is 4.90 Å². The number of rotatable bonds is 3. The fourth-order valence-corrected chi connectivity index (χ4v) is 2.18. The fraction of sp³-hybridized carbons (Fsp3) is 0.385. The number of benzene rings is 1. The van der Waals surface area contributed by atoms with Crippen LogP contribution in [-0.4, -0.2) is 46.3 Å². The van der Waals surface area contributed by atoms with Gasteiger partial charge >= 0.3 is 6.09 Å². The lowest BCUT2D eigenvalue weighted by molar-refractivity contribution is -0.132. The van der Waals surface area contributed by atoms with Crippen LogP contribution in [0.3, 0.4) is 0 Å². The van der Waals surface area contributed by atoms with Crippen LogP contribution >= 0.6 is 0 Å². The highest BCUT2D eigenvalue weighted by atomic mass is 16.4. The van der Waals surface area contributed by atoms with Gasteiger partial charge in [-0.05, 0) is 12.0 Å². The molecule has 0 radical (unpaired) electrons. The fourth-order valence-electron chi connectivity index (χ4n) is 2.18. The largest absolute Gasteiger partial charge is 0.465 e. The Labute approximate surface area is 110 Å². The van der Waals surface area contributed by atoms with E-state index in [4.69, 9.17) is 5.11 Å². The summed E-state index contributed by atoms with van der Waals surface area (Å²) in [6.07, 6.45) is -1.24. The number of carboxylic acid groups (broad SMARTS) is 1. The Morgan fingerprint density at radius 1 is 1.32 bits per heavy atom. The molecule has 1 aromatic rings. The Balaban J connectivity index is 2.18.